The first-order valence-electron chi connectivity index (χ1n) is 6.41. The van der Waals surface area contributed by atoms with Crippen LogP contribution in [-0.4, -0.2) is 15.2 Å². The number of hydrogen-bond acceptors (Lipinski definition) is 5. The first kappa shape index (κ1) is 14.2. The molecular formula is C15H11ClFN5. The molecule has 0 bridgehead atoms. The number of benzene rings is 2. The Bertz CT molecular complexity index is 810. The molecule has 0 saturated carbocycles. The fourth-order valence-corrected chi connectivity index (χ4v) is 2.11. The van der Waals surface area contributed by atoms with E-state index >= 15 is 0 Å². The summed E-state index contributed by atoms with van der Waals surface area (Å²) in [4.78, 5) is 4.15. The van der Waals surface area contributed by atoms with Gasteiger partial charge in [-0.2, -0.15) is 4.98 Å². The monoisotopic (exact) mass is 315 g/mol. The highest BCUT2D eigenvalue weighted by atomic mass is 35.5. The molecule has 0 aliphatic heterocycles. The summed E-state index contributed by atoms with van der Waals surface area (Å²) in [7, 11) is 0. The molecule has 3 rings (SSSR count). The van der Waals surface area contributed by atoms with Crippen molar-refractivity contribution in [1.82, 2.24) is 15.2 Å². The summed E-state index contributed by atoms with van der Waals surface area (Å²) in [5.74, 6) is -0.0346. The second-order valence-corrected chi connectivity index (χ2v) is 4.89. The van der Waals surface area contributed by atoms with E-state index in [9.17, 15) is 4.39 Å². The van der Waals surface area contributed by atoms with E-state index in [4.69, 9.17) is 17.3 Å². The minimum absolute atomic E-state index is 0.0150. The summed E-state index contributed by atoms with van der Waals surface area (Å²) in [6.07, 6.45) is 0. The summed E-state index contributed by atoms with van der Waals surface area (Å²) < 4.78 is 13.2. The molecule has 0 unspecified atom stereocenters. The van der Waals surface area contributed by atoms with Crippen LogP contribution in [0.5, 0.6) is 0 Å². The molecule has 3 aromatic rings. The highest BCUT2D eigenvalue weighted by Crippen LogP contribution is 2.28. The quantitative estimate of drug-likeness (QED) is 0.771. The van der Waals surface area contributed by atoms with E-state index < -0.39 is 5.82 Å². The number of halogens is 2. The topological polar surface area (TPSA) is 76.7 Å². The van der Waals surface area contributed by atoms with Crippen LogP contribution in [0, 0.1) is 5.82 Å². The zero-order chi connectivity index (χ0) is 15.5. The van der Waals surface area contributed by atoms with Crippen LogP contribution in [0.4, 0.5) is 21.8 Å². The van der Waals surface area contributed by atoms with Crippen LogP contribution >= 0.6 is 11.6 Å². The lowest BCUT2D eigenvalue weighted by molar-refractivity contribution is 0.628. The average molecular weight is 316 g/mol. The second kappa shape index (κ2) is 5.95. The molecule has 1 aromatic heterocycles. The molecule has 0 amide bonds. The Hall–Kier alpha value is -2.73. The SMILES string of the molecule is Nc1nnc(-c2ccccc2)c(Nc2ccc(F)c(Cl)c2)n1. The third kappa shape index (κ3) is 2.96. The summed E-state index contributed by atoms with van der Waals surface area (Å²) in [6.45, 7) is 0. The van der Waals surface area contributed by atoms with Crippen molar-refractivity contribution < 1.29 is 4.39 Å². The minimum Gasteiger partial charge on any atom is -0.366 e. The molecular weight excluding hydrogens is 305 g/mol. The number of hydrogen-bond donors (Lipinski definition) is 2. The molecule has 0 aliphatic carbocycles. The smallest absolute Gasteiger partial charge is 0.242 e. The molecule has 5 nitrogen and oxygen atoms in total. The maximum absolute atomic E-state index is 13.2. The highest BCUT2D eigenvalue weighted by molar-refractivity contribution is 6.31. The highest BCUT2D eigenvalue weighted by Gasteiger charge is 2.11. The standard InChI is InChI=1S/C15H11ClFN5/c16-11-8-10(6-7-12(11)17)19-14-13(21-22-15(18)20-14)9-4-2-1-3-5-9/h1-8H,(H3,18,19,20,22). The van der Waals surface area contributed by atoms with Crippen LogP contribution < -0.4 is 11.1 Å². The zero-order valence-electron chi connectivity index (χ0n) is 11.3. The van der Waals surface area contributed by atoms with Crippen molar-refractivity contribution in [2.75, 3.05) is 11.1 Å². The van der Waals surface area contributed by atoms with Crippen molar-refractivity contribution in [3.8, 4) is 11.3 Å². The van der Waals surface area contributed by atoms with Gasteiger partial charge in [-0.15, -0.1) is 10.2 Å². The lowest BCUT2D eigenvalue weighted by Crippen LogP contribution is -2.05. The normalized spacial score (nSPS) is 10.5. The van der Waals surface area contributed by atoms with Crippen molar-refractivity contribution in [2.45, 2.75) is 0 Å². The molecule has 0 spiro atoms. The molecule has 0 fully saturated rings. The Morgan fingerprint density at radius 3 is 2.55 bits per heavy atom. The predicted molar refractivity (Wildman–Crippen MR) is 84.4 cm³/mol. The van der Waals surface area contributed by atoms with E-state index in [2.05, 4.69) is 20.5 Å². The Kier molecular flexibility index (Phi) is 3.84. The Labute approximate surface area is 131 Å². The number of nitrogens with zero attached hydrogens (tertiary/aromatic N) is 3. The summed E-state index contributed by atoms with van der Waals surface area (Å²) in [6, 6.07) is 13.7. The fourth-order valence-electron chi connectivity index (χ4n) is 1.93. The number of nitrogens with two attached hydrogens (primary N) is 1. The second-order valence-electron chi connectivity index (χ2n) is 4.49. The predicted octanol–water partition coefficient (Wildman–Crippen LogP) is 3.66. The maximum Gasteiger partial charge on any atom is 0.242 e. The van der Waals surface area contributed by atoms with Crippen molar-refractivity contribution in [2.24, 2.45) is 0 Å². The first-order valence-corrected chi connectivity index (χ1v) is 6.79. The van der Waals surface area contributed by atoms with Crippen LogP contribution in [0.15, 0.2) is 48.5 Å². The fraction of sp³-hybridized carbons (Fsp3) is 0. The van der Waals surface area contributed by atoms with Gasteiger partial charge in [0, 0.05) is 11.3 Å². The maximum atomic E-state index is 13.2. The number of aromatic nitrogens is 3. The van der Waals surface area contributed by atoms with E-state index in [1.807, 2.05) is 30.3 Å². The minimum atomic E-state index is -0.490. The first-order chi connectivity index (χ1) is 10.6. The zero-order valence-corrected chi connectivity index (χ0v) is 12.0. The van der Waals surface area contributed by atoms with Gasteiger partial charge in [-0.3, -0.25) is 0 Å². The van der Waals surface area contributed by atoms with E-state index in [0.29, 0.717) is 17.2 Å². The molecule has 0 radical (unpaired) electrons. The van der Waals surface area contributed by atoms with Gasteiger partial charge in [-0.25, -0.2) is 4.39 Å². The molecule has 0 atom stereocenters. The Morgan fingerprint density at radius 2 is 1.82 bits per heavy atom. The largest absolute Gasteiger partial charge is 0.366 e. The molecule has 1 heterocycles. The third-order valence-corrected chi connectivity index (χ3v) is 3.22. The van der Waals surface area contributed by atoms with Gasteiger partial charge in [0.15, 0.2) is 5.82 Å². The molecule has 2 aromatic carbocycles. The molecule has 3 N–H and O–H groups in total. The van der Waals surface area contributed by atoms with Gasteiger partial charge >= 0.3 is 0 Å². The average Bonchev–Trinajstić information content (AvgIpc) is 2.52. The van der Waals surface area contributed by atoms with Crippen LogP contribution in [0.25, 0.3) is 11.3 Å². The molecule has 0 aliphatic rings. The van der Waals surface area contributed by atoms with Gasteiger partial charge in [0.05, 0.1) is 5.02 Å². The summed E-state index contributed by atoms with van der Waals surface area (Å²) in [5.41, 5.74) is 7.54. The number of anilines is 3. The Balaban J connectivity index is 2.02. The molecule has 110 valence electrons. The van der Waals surface area contributed by atoms with Crippen molar-refractivity contribution in [3.63, 3.8) is 0 Å². The lowest BCUT2D eigenvalue weighted by atomic mass is 10.1. The van der Waals surface area contributed by atoms with E-state index in [0.717, 1.165) is 5.56 Å². The van der Waals surface area contributed by atoms with Crippen LogP contribution in [-0.2, 0) is 0 Å². The van der Waals surface area contributed by atoms with Gasteiger partial charge < -0.3 is 11.1 Å². The van der Waals surface area contributed by atoms with Crippen LogP contribution in [0.1, 0.15) is 0 Å². The van der Waals surface area contributed by atoms with Crippen molar-refractivity contribution >= 4 is 29.1 Å². The Morgan fingerprint density at radius 1 is 1.05 bits per heavy atom. The van der Waals surface area contributed by atoms with Crippen molar-refractivity contribution in [1.29, 1.82) is 0 Å². The molecule has 7 heteroatoms. The van der Waals surface area contributed by atoms with Gasteiger partial charge in [0.1, 0.15) is 11.5 Å². The van der Waals surface area contributed by atoms with E-state index in [1.54, 1.807) is 6.07 Å². The van der Waals surface area contributed by atoms with Crippen molar-refractivity contribution in [3.05, 3.63) is 59.4 Å². The van der Waals surface area contributed by atoms with Gasteiger partial charge in [-0.1, -0.05) is 41.9 Å². The molecule has 0 saturated heterocycles. The molecule has 22 heavy (non-hydrogen) atoms. The van der Waals surface area contributed by atoms with E-state index in [-0.39, 0.29) is 11.0 Å². The van der Waals surface area contributed by atoms with E-state index in [1.165, 1.54) is 12.1 Å². The van der Waals surface area contributed by atoms with Crippen LogP contribution in [0.3, 0.4) is 0 Å². The van der Waals surface area contributed by atoms with Gasteiger partial charge in [-0.05, 0) is 18.2 Å². The van der Waals surface area contributed by atoms with Gasteiger partial charge in [0.25, 0.3) is 0 Å². The number of nitrogens with one attached hydrogen (secondary N) is 1. The lowest BCUT2D eigenvalue weighted by Gasteiger charge is -2.10. The number of rotatable bonds is 3. The third-order valence-electron chi connectivity index (χ3n) is 2.93. The van der Waals surface area contributed by atoms with Crippen LogP contribution in [0.2, 0.25) is 5.02 Å². The number of nitrogen functional groups attached to an aromatic ring is 1. The summed E-state index contributed by atoms with van der Waals surface area (Å²) >= 11 is 5.78. The summed E-state index contributed by atoms with van der Waals surface area (Å²) in [5, 5.41) is 10.9. The van der Waals surface area contributed by atoms with Gasteiger partial charge in [0.2, 0.25) is 5.95 Å².